The molecule has 0 aliphatic heterocycles. The van der Waals surface area contributed by atoms with E-state index in [0.29, 0.717) is 6.54 Å². The highest BCUT2D eigenvalue weighted by atomic mass is 19.4. The monoisotopic (exact) mass is 243 g/mol. The number of halogens is 3. The summed E-state index contributed by atoms with van der Waals surface area (Å²) in [6.07, 6.45) is -4.26. The number of aliphatic hydroxyl groups excluding tert-OH is 1. The van der Waals surface area contributed by atoms with Gasteiger partial charge in [0.15, 0.2) is 0 Å². The normalized spacial score (nSPS) is 16.1. The topological polar surface area (TPSA) is 41.5 Å². The van der Waals surface area contributed by atoms with Gasteiger partial charge in [0.05, 0.1) is 31.8 Å². The van der Waals surface area contributed by atoms with Crippen LogP contribution in [0.15, 0.2) is 0 Å². The molecule has 0 aliphatic rings. The van der Waals surface area contributed by atoms with Crippen LogP contribution in [0.5, 0.6) is 0 Å². The van der Waals surface area contributed by atoms with Gasteiger partial charge in [0.1, 0.15) is 0 Å². The quantitative estimate of drug-likeness (QED) is 0.638. The van der Waals surface area contributed by atoms with Gasteiger partial charge < -0.3 is 15.2 Å². The molecule has 1 atom stereocenters. The Morgan fingerprint density at radius 1 is 1.31 bits per heavy atom. The van der Waals surface area contributed by atoms with E-state index in [1.165, 1.54) is 0 Å². The summed E-state index contributed by atoms with van der Waals surface area (Å²) >= 11 is 0. The van der Waals surface area contributed by atoms with E-state index in [4.69, 9.17) is 9.84 Å². The lowest BCUT2D eigenvalue weighted by Crippen LogP contribution is -2.50. The van der Waals surface area contributed by atoms with E-state index in [9.17, 15) is 13.2 Å². The zero-order valence-corrected chi connectivity index (χ0v) is 9.73. The van der Waals surface area contributed by atoms with Gasteiger partial charge >= 0.3 is 6.18 Å². The molecule has 0 aromatic rings. The molecule has 16 heavy (non-hydrogen) atoms. The SMILES string of the molecule is CCCNC(C)(CO)COCCC(F)(F)F. The lowest BCUT2D eigenvalue weighted by Gasteiger charge is -2.28. The largest absolute Gasteiger partial charge is 0.394 e. The first kappa shape index (κ1) is 15.7. The van der Waals surface area contributed by atoms with Crippen molar-refractivity contribution in [1.82, 2.24) is 5.32 Å². The molecule has 2 N–H and O–H groups in total. The van der Waals surface area contributed by atoms with Crippen LogP contribution in [0.1, 0.15) is 26.7 Å². The molecule has 0 rings (SSSR count). The second kappa shape index (κ2) is 7.09. The average molecular weight is 243 g/mol. The fraction of sp³-hybridized carbons (Fsp3) is 1.00. The van der Waals surface area contributed by atoms with E-state index < -0.39 is 18.1 Å². The van der Waals surface area contributed by atoms with Crippen LogP contribution < -0.4 is 5.32 Å². The lowest BCUT2D eigenvalue weighted by molar-refractivity contribution is -0.147. The van der Waals surface area contributed by atoms with E-state index in [0.717, 1.165) is 6.42 Å². The number of hydrogen-bond acceptors (Lipinski definition) is 3. The smallest absolute Gasteiger partial charge is 0.391 e. The summed E-state index contributed by atoms with van der Waals surface area (Å²) in [5.41, 5.74) is -0.665. The number of hydrogen-bond donors (Lipinski definition) is 2. The van der Waals surface area contributed by atoms with Crippen LogP contribution in [-0.2, 0) is 4.74 Å². The Kier molecular flexibility index (Phi) is 6.94. The van der Waals surface area contributed by atoms with Gasteiger partial charge in [0.2, 0.25) is 0 Å². The predicted octanol–water partition coefficient (Wildman–Crippen LogP) is 1.71. The summed E-state index contributed by atoms with van der Waals surface area (Å²) in [6, 6.07) is 0. The molecule has 0 heterocycles. The molecular formula is C10H20F3NO2. The second-order valence-corrected chi connectivity index (χ2v) is 4.06. The van der Waals surface area contributed by atoms with Gasteiger partial charge in [-0.3, -0.25) is 0 Å². The Bertz CT molecular complexity index is 187. The summed E-state index contributed by atoms with van der Waals surface area (Å²) in [7, 11) is 0. The molecule has 0 amide bonds. The second-order valence-electron chi connectivity index (χ2n) is 4.06. The maximum Gasteiger partial charge on any atom is 0.391 e. The molecule has 0 saturated heterocycles. The number of rotatable bonds is 8. The van der Waals surface area contributed by atoms with Crippen molar-refractivity contribution < 1.29 is 23.0 Å². The molecule has 0 saturated carbocycles. The van der Waals surface area contributed by atoms with Crippen molar-refractivity contribution >= 4 is 0 Å². The van der Waals surface area contributed by atoms with Crippen LogP contribution in [0, 0.1) is 0 Å². The van der Waals surface area contributed by atoms with Crippen molar-refractivity contribution in [1.29, 1.82) is 0 Å². The number of nitrogens with one attached hydrogen (secondary N) is 1. The standard InChI is InChI=1S/C10H20F3NO2/c1-3-5-14-9(2,7-15)8-16-6-4-10(11,12)13/h14-15H,3-8H2,1-2H3. The zero-order chi connectivity index (χ0) is 12.7. The maximum absolute atomic E-state index is 11.8. The highest BCUT2D eigenvalue weighted by Crippen LogP contribution is 2.19. The Labute approximate surface area is 94.0 Å². The van der Waals surface area contributed by atoms with Crippen LogP contribution in [0.3, 0.4) is 0 Å². The zero-order valence-electron chi connectivity index (χ0n) is 9.73. The highest BCUT2D eigenvalue weighted by Gasteiger charge is 2.28. The molecular weight excluding hydrogens is 223 g/mol. The minimum absolute atomic E-state index is 0.0690. The molecule has 3 nitrogen and oxygen atoms in total. The van der Waals surface area contributed by atoms with Crippen molar-refractivity contribution in [2.45, 2.75) is 38.4 Å². The van der Waals surface area contributed by atoms with E-state index in [1.54, 1.807) is 6.92 Å². The van der Waals surface area contributed by atoms with Crippen LogP contribution >= 0.6 is 0 Å². The molecule has 0 aromatic carbocycles. The predicted molar refractivity (Wildman–Crippen MR) is 55.3 cm³/mol. The van der Waals surface area contributed by atoms with E-state index in [-0.39, 0.29) is 19.8 Å². The van der Waals surface area contributed by atoms with Gasteiger partial charge in [0.25, 0.3) is 0 Å². The van der Waals surface area contributed by atoms with Crippen molar-refractivity contribution in [2.75, 3.05) is 26.4 Å². The third-order valence-electron chi connectivity index (χ3n) is 2.10. The first-order valence-corrected chi connectivity index (χ1v) is 5.33. The van der Waals surface area contributed by atoms with Gasteiger partial charge in [-0.1, -0.05) is 6.92 Å². The molecule has 0 radical (unpaired) electrons. The average Bonchev–Trinajstić information content (AvgIpc) is 2.20. The molecule has 0 aliphatic carbocycles. The van der Waals surface area contributed by atoms with Crippen LogP contribution in [-0.4, -0.2) is 43.2 Å². The van der Waals surface area contributed by atoms with Crippen molar-refractivity contribution in [3.05, 3.63) is 0 Å². The summed E-state index contributed by atoms with van der Waals surface area (Å²) in [4.78, 5) is 0. The Morgan fingerprint density at radius 2 is 1.94 bits per heavy atom. The fourth-order valence-corrected chi connectivity index (χ4v) is 1.06. The molecule has 0 fully saturated rings. The van der Waals surface area contributed by atoms with Gasteiger partial charge in [-0.25, -0.2) is 0 Å². The molecule has 0 bridgehead atoms. The fourth-order valence-electron chi connectivity index (χ4n) is 1.06. The van der Waals surface area contributed by atoms with Gasteiger partial charge in [0, 0.05) is 0 Å². The number of aliphatic hydroxyl groups is 1. The number of ether oxygens (including phenoxy) is 1. The molecule has 1 unspecified atom stereocenters. The maximum atomic E-state index is 11.8. The summed E-state index contributed by atoms with van der Waals surface area (Å²) in [5, 5.41) is 12.1. The molecule has 98 valence electrons. The first-order chi connectivity index (χ1) is 7.33. The van der Waals surface area contributed by atoms with Crippen molar-refractivity contribution in [3.63, 3.8) is 0 Å². The molecule has 0 aromatic heterocycles. The summed E-state index contributed by atoms with van der Waals surface area (Å²) < 4.78 is 40.4. The summed E-state index contributed by atoms with van der Waals surface area (Å²) in [6.45, 7) is 3.91. The minimum atomic E-state index is -4.19. The minimum Gasteiger partial charge on any atom is -0.394 e. The van der Waals surface area contributed by atoms with E-state index in [2.05, 4.69) is 5.32 Å². The van der Waals surface area contributed by atoms with Gasteiger partial charge in [-0.05, 0) is 19.9 Å². The van der Waals surface area contributed by atoms with Crippen molar-refractivity contribution in [3.8, 4) is 0 Å². The molecule has 6 heteroatoms. The van der Waals surface area contributed by atoms with Crippen LogP contribution in [0.4, 0.5) is 13.2 Å². The first-order valence-electron chi connectivity index (χ1n) is 5.33. The number of alkyl halides is 3. The van der Waals surface area contributed by atoms with Crippen LogP contribution in [0.25, 0.3) is 0 Å². The van der Waals surface area contributed by atoms with Gasteiger partial charge in [-0.15, -0.1) is 0 Å². The third-order valence-corrected chi connectivity index (χ3v) is 2.10. The Morgan fingerprint density at radius 3 is 2.38 bits per heavy atom. The van der Waals surface area contributed by atoms with Gasteiger partial charge in [-0.2, -0.15) is 13.2 Å². The van der Waals surface area contributed by atoms with E-state index in [1.807, 2.05) is 6.92 Å². The lowest BCUT2D eigenvalue weighted by atomic mass is 10.1. The molecule has 0 spiro atoms. The van der Waals surface area contributed by atoms with Crippen molar-refractivity contribution in [2.24, 2.45) is 0 Å². The highest BCUT2D eigenvalue weighted by molar-refractivity contribution is 4.81. The summed E-state index contributed by atoms with van der Waals surface area (Å²) in [5.74, 6) is 0. The Hall–Kier alpha value is -0.330. The van der Waals surface area contributed by atoms with Crippen LogP contribution in [0.2, 0.25) is 0 Å². The van der Waals surface area contributed by atoms with E-state index >= 15 is 0 Å². The Balaban J connectivity index is 3.77. The third kappa shape index (κ3) is 7.90.